The van der Waals surface area contributed by atoms with Crippen LogP contribution >= 0.6 is 0 Å². The highest BCUT2D eigenvalue weighted by molar-refractivity contribution is 5.80. The Morgan fingerprint density at radius 2 is 1.95 bits per heavy atom. The van der Waals surface area contributed by atoms with E-state index in [0.717, 1.165) is 0 Å². The van der Waals surface area contributed by atoms with Crippen LogP contribution in [0.2, 0.25) is 0 Å². The van der Waals surface area contributed by atoms with Gasteiger partial charge in [-0.3, -0.25) is 4.79 Å². The molecule has 20 heavy (non-hydrogen) atoms. The molecule has 112 valence electrons. The molecule has 1 aromatic heterocycles. The lowest BCUT2D eigenvalue weighted by Crippen LogP contribution is -2.37. The smallest absolute Gasteiger partial charge is 0.323 e. The largest absolute Gasteiger partial charge is 0.464 e. The van der Waals surface area contributed by atoms with E-state index in [4.69, 9.17) is 4.74 Å². The van der Waals surface area contributed by atoms with Gasteiger partial charge in [0.15, 0.2) is 0 Å². The molecule has 1 aromatic rings. The highest BCUT2D eigenvalue weighted by atomic mass is 16.5. The highest BCUT2D eigenvalue weighted by Gasteiger charge is 2.16. The van der Waals surface area contributed by atoms with Crippen LogP contribution in [0.1, 0.15) is 13.8 Å². The molecule has 8 heteroatoms. The van der Waals surface area contributed by atoms with E-state index in [2.05, 4.69) is 20.3 Å². The summed E-state index contributed by atoms with van der Waals surface area (Å²) in [7, 11) is 5.15. The second-order valence-electron chi connectivity index (χ2n) is 4.23. The van der Waals surface area contributed by atoms with E-state index < -0.39 is 0 Å². The van der Waals surface area contributed by atoms with E-state index in [9.17, 15) is 4.79 Å². The van der Waals surface area contributed by atoms with Crippen LogP contribution in [0, 0.1) is 0 Å². The third-order valence-corrected chi connectivity index (χ3v) is 2.59. The first-order chi connectivity index (χ1) is 9.51. The third kappa shape index (κ3) is 4.22. The number of nitrogens with zero attached hydrogens (tertiary/aromatic N) is 5. The molecule has 0 aliphatic rings. The number of rotatable bonds is 7. The molecule has 0 radical (unpaired) electrons. The predicted octanol–water partition coefficient (Wildman–Crippen LogP) is 0.227. The summed E-state index contributed by atoms with van der Waals surface area (Å²) in [4.78, 5) is 27.7. The van der Waals surface area contributed by atoms with Gasteiger partial charge in [0.2, 0.25) is 17.8 Å². The average Bonchev–Trinajstić information content (AvgIpc) is 2.44. The van der Waals surface area contributed by atoms with E-state index in [0.29, 0.717) is 25.0 Å². The number of hydrogen-bond donors (Lipinski definition) is 1. The van der Waals surface area contributed by atoms with Crippen molar-refractivity contribution >= 4 is 17.8 Å². The van der Waals surface area contributed by atoms with Gasteiger partial charge in [-0.05, 0) is 13.8 Å². The Bertz CT molecular complexity index is 452. The van der Waals surface area contributed by atoms with Crippen molar-refractivity contribution in [1.29, 1.82) is 0 Å². The lowest BCUT2D eigenvalue weighted by Gasteiger charge is -2.22. The molecule has 0 unspecified atom stereocenters. The number of amides is 1. The zero-order valence-corrected chi connectivity index (χ0v) is 12.7. The first-order valence-electron chi connectivity index (χ1n) is 6.53. The molecular formula is C12H22N6O2. The fraction of sp³-hybridized carbons (Fsp3) is 0.667. The summed E-state index contributed by atoms with van der Waals surface area (Å²) in [6.45, 7) is 5.08. The summed E-state index contributed by atoms with van der Waals surface area (Å²) in [6, 6.07) is 0.248. The summed E-state index contributed by atoms with van der Waals surface area (Å²) in [5, 5.41) is 2.86. The van der Waals surface area contributed by atoms with Crippen LogP contribution in [0.15, 0.2) is 0 Å². The highest BCUT2D eigenvalue weighted by Crippen LogP contribution is 2.14. The molecule has 1 heterocycles. The number of nitrogens with one attached hydrogen (secondary N) is 1. The van der Waals surface area contributed by atoms with E-state index in [1.807, 2.05) is 13.8 Å². The zero-order chi connectivity index (χ0) is 15.1. The maximum absolute atomic E-state index is 11.8. The molecular weight excluding hydrogens is 260 g/mol. The van der Waals surface area contributed by atoms with Crippen LogP contribution in [-0.4, -0.2) is 66.6 Å². The number of carbonyl (C=O) groups is 1. The second-order valence-corrected chi connectivity index (χ2v) is 4.23. The predicted molar refractivity (Wildman–Crippen MR) is 77.1 cm³/mol. The topological polar surface area (TPSA) is 83.5 Å². The van der Waals surface area contributed by atoms with Gasteiger partial charge in [0, 0.05) is 27.7 Å². The van der Waals surface area contributed by atoms with Crippen molar-refractivity contribution in [1.82, 2.24) is 19.9 Å². The van der Waals surface area contributed by atoms with Gasteiger partial charge in [0.25, 0.3) is 0 Å². The lowest BCUT2D eigenvalue weighted by atomic mass is 10.4. The maximum Gasteiger partial charge on any atom is 0.323 e. The van der Waals surface area contributed by atoms with E-state index in [-0.39, 0.29) is 18.5 Å². The fourth-order valence-corrected chi connectivity index (χ4v) is 1.42. The Morgan fingerprint density at radius 3 is 2.45 bits per heavy atom. The van der Waals surface area contributed by atoms with Crippen molar-refractivity contribution < 1.29 is 9.53 Å². The van der Waals surface area contributed by atoms with Crippen molar-refractivity contribution in [2.45, 2.75) is 13.8 Å². The normalized spacial score (nSPS) is 10.1. The first-order valence-corrected chi connectivity index (χ1v) is 6.53. The van der Waals surface area contributed by atoms with Crippen LogP contribution in [0.5, 0.6) is 6.01 Å². The van der Waals surface area contributed by atoms with Gasteiger partial charge in [-0.2, -0.15) is 15.0 Å². The number of likely N-dealkylation sites (N-methyl/N-ethyl adjacent to an activating group) is 2. The molecule has 0 saturated heterocycles. The molecule has 1 amide bonds. The zero-order valence-electron chi connectivity index (χ0n) is 12.7. The molecule has 1 N–H and O–H groups in total. The maximum atomic E-state index is 11.8. The number of carbonyl (C=O) groups excluding carboxylic acids is 1. The summed E-state index contributed by atoms with van der Waals surface area (Å²) in [5.74, 6) is 0.816. The minimum atomic E-state index is -0.0174. The van der Waals surface area contributed by atoms with E-state index in [1.54, 1.807) is 26.0 Å². The van der Waals surface area contributed by atoms with Crippen LogP contribution in [-0.2, 0) is 4.79 Å². The van der Waals surface area contributed by atoms with Crippen molar-refractivity contribution in [2.24, 2.45) is 0 Å². The van der Waals surface area contributed by atoms with Gasteiger partial charge in [-0.25, -0.2) is 0 Å². The Hall–Kier alpha value is -2.12. The van der Waals surface area contributed by atoms with Gasteiger partial charge in [0.1, 0.15) is 0 Å². The van der Waals surface area contributed by atoms with Gasteiger partial charge >= 0.3 is 6.01 Å². The van der Waals surface area contributed by atoms with Crippen molar-refractivity contribution in [3.05, 3.63) is 0 Å². The third-order valence-electron chi connectivity index (χ3n) is 2.59. The monoisotopic (exact) mass is 282 g/mol. The molecule has 0 aliphatic carbocycles. The fourth-order valence-electron chi connectivity index (χ4n) is 1.42. The average molecular weight is 282 g/mol. The summed E-state index contributed by atoms with van der Waals surface area (Å²) >= 11 is 0. The minimum Gasteiger partial charge on any atom is -0.464 e. The van der Waals surface area contributed by atoms with Crippen LogP contribution < -0.4 is 15.0 Å². The molecule has 0 atom stereocenters. The van der Waals surface area contributed by atoms with Crippen molar-refractivity contribution in [3.8, 4) is 6.01 Å². The minimum absolute atomic E-state index is 0.0174. The summed E-state index contributed by atoms with van der Waals surface area (Å²) in [5.41, 5.74) is 0. The number of aromatic nitrogens is 3. The van der Waals surface area contributed by atoms with Crippen molar-refractivity contribution in [2.75, 3.05) is 51.1 Å². The molecule has 0 bridgehead atoms. The van der Waals surface area contributed by atoms with E-state index >= 15 is 0 Å². The molecule has 8 nitrogen and oxygen atoms in total. The number of hydrogen-bond acceptors (Lipinski definition) is 7. The van der Waals surface area contributed by atoms with Gasteiger partial charge in [0.05, 0.1) is 13.2 Å². The molecule has 0 spiro atoms. The van der Waals surface area contributed by atoms with Crippen LogP contribution in [0.25, 0.3) is 0 Å². The summed E-state index contributed by atoms with van der Waals surface area (Å²) in [6.07, 6.45) is 0. The summed E-state index contributed by atoms with van der Waals surface area (Å²) < 4.78 is 5.31. The standard InChI is InChI=1S/C12H22N6O2/c1-6-18(8-9(19)17(4)5)11-14-10(13-3)15-12(16-11)20-7-2/h6-8H2,1-5H3,(H,13,14,15,16). The Labute approximate surface area is 119 Å². The van der Waals surface area contributed by atoms with Crippen LogP contribution in [0.3, 0.4) is 0 Å². The Balaban J connectivity index is 3.01. The second kappa shape index (κ2) is 7.46. The van der Waals surface area contributed by atoms with Crippen LogP contribution in [0.4, 0.5) is 11.9 Å². The van der Waals surface area contributed by atoms with Gasteiger partial charge in [-0.15, -0.1) is 0 Å². The molecule has 0 fully saturated rings. The Morgan fingerprint density at radius 1 is 1.25 bits per heavy atom. The van der Waals surface area contributed by atoms with Gasteiger partial charge in [-0.1, -0.05) is 0 Å². The molecule has 0 aliphatic heterocycles. The quantitative estimate of drug-likeness (QED) is 0.766. The number of ether oxygens (including phenoxy) is 1. The van der Waals surface area contributed by atoms with Gasteiger partial charge < -0.3 is 19.9 Å². The number of anilines is 2. The molecule has 0 saturated carbocycles. The first kappa shape index (κ1) is 15.9. The lowest BCUT2D eigenvalue weighted by molar-refractivity contribution is -0.127. The Kier molecular flexibility index (Phi) is 5.95. The molecule has 1 rings (SSSR count). The van der Waals surface area contributed by atoms with Crippen molar-refractivity contribution in [3.63, 3.8) is 0 Å². The molecule has 0 aromatic carbocycles. The van der Waals surface area contributed by atoms with E-state index in [1.165, 1.54) is 4.90 Å². The SMILES string of the molecule is CCOc1nc(NC)nc(N(CC)CC(=O)N(C)C)n1.